The molecule has 7 nitrogen and oxygen atoms in total. The molecule has 10 heteroatoms. The summed E-state index contributed by atoms with van der Waals surface area (Å²) < 4.78 is 65.5. The topological polar surface area (TPSA) is 91.8 Å². The van der Waals surface area contributed by atoms with Crippen molar-refractivity contribution in [2.75, 3.05) is 30.8 Å². The Morgan fingerprint density at radius 2 is 1.62 bits per heavy atom. The maximum atomic E-state index is 14.5. The minimum Gasteiger partial charge on any atom is -0.308 e. The largest absolute Gasteiger partial charge is 0.308 e. The van der Waals surface area contributed by atoms with Gasteiger partial charge in [-0.25, -0.2) is 21.2 Å². The second-order valence-electron chi connectivity index (χ2n) is 8.23. The molecule has 2 heterocycles. The van der Waals surface area contributed by atoms with Crippen LogP contribution in [0.2, 0.25) is 0 Å². The zero-order chi connectivity index (χ0) is 23.1. The molecule has 2 aliphatic heterocycles. The van der Waals surface area contributed by atoms with Gasteiger partial charge in [-0.1, -0.05) is 6.42 Å². The van der Waals surface area contributed by atoms with Crippen LogP contribution in [0.25, 0.3) is 0 Å². The summed E-state index contributed by atoms with van der Waals surface area (Å²) in [5.41, 5.74) is 1.39. The predicted molar refractivity (Wildman–Crippen MR) is 119 cm³/mol. The number of benzene rings is 2. The fraction of sp³-hybridized carbons (Fsp3) is 0.409. The number of piperidine rings is 1. The number of sulfonamides is 1. The number of rotatable bonds is 4. The lowest BCUT2D eigenvalue weighted by Gasteiger charge is -2.30. The number of carbonyl (C=O) groups excluding carboxylic acids is 1. The maximum Gasteiger partial charge on any atom is 0.258 e. The molecule has 2 aromatic carbocycles. The van der Waals surface area contributed by atoms with Crippen LogP contribution in [0, 0.1) is 5.82 Å². The first-order chi connectivity index (χ1) is 15.1. The molecule has 1 amide bonds. The number of hydrogen-bond donors (Lipinski definition) is 0. The van der Waals surface area contributed by atoms with E-state index in [-0.39, 0.29) is 10.5 Å². The summed E-state index contributed by atoms with van der Waals surface area (Å²) in [6.07, 6.45) is 4.76. The van der Waals surface area contributed by atoms with Crippen LogP contribution in [-0.4, -0.2) is 52.9 Å². The Balaban J connectivity index is 1.69. The van der Waals surface area contributed by atoms with Gasteiger partial charge in [0, 0.05) is 37.1 Å². The van der Waals surface area contributed by atoms with Gasteiger partial charge in [0.25, 0.3) is 5.91 Å². The van der Waals surface area contributed by atoms with Crippen molar-refractivity contribution >= 4 is 31.5 Å². The van der Waals surface area contributed by atoms with Gasteiger partial charge in [-0.15, -0.1) is 0 Å². The molecule has 0 aromatic heterocycles. The van der Waals surface area contributed by atoms with Gasteiger partial charge in [-0.3, -0.25) is 4.79 Å². The summed E-state index contributed by atoms with van der Waals surface area (Å²) in [4.78, 5) is 14.5. The lowest BCUT2D eigenvalue weighted by molar-refractivity contribution is 0.0985. The third kappa shape index (κ3) is 4.31. The zero-order valence-electron chi connectivity index (χ0n) is 17.8. The molecule has 0 unspecified atom stereocenters. The summed E-state index contributed by atoms with van der Waals surface area (Å²) in [7, 11) is -7.42. The summed E-state index contributed by atoms with van der Waals surface area (Å²) >= 11 is 0. The molecule has 32 heavy (non-hydrogen) atoms. The smallest absolute Gasteiger partial charge is 0.258 e. The van der Waals surface area contributed by atoms with Crippen molar-refractivity contribution in [3.05, 3.63) is 53.3 Å². The number of aryl methyl sites for hydroxylation is 1. The first-order valence-electron chi connectivity index (χ1n) is 10.5. The van der Waals surface area contributed by atoms with E-state index >= 15 is 0 Å². The normalized spacial score (nSPS) is 17.8. The molecule has 4 rings (SSSR count). The molecule has 2 aliphatic rings. The second-order valence-corrected chi connectivity index (χ2v) is 12.2. The summed E-state index contributed by atoms with van der Waals surface area (Å²) in [5, 5.41) is 0. The number of carbonyl (C=O) groups is 1. The Morgan fingerprint density at radius 1 is 0.906 bits per heavy atom. The highest BCUT2D eigenvalue weighted by Gasteiger charge is 2.31. The summed E-state index contributed by atoms with van der Waals surface area (Å²) in [5.74, 6) is -1.34. The van der Waals surface area contributed by atoms with E-state index in [0.717, 1.165) is 43.2 Å². The third-order valence-electron chi connectivity index (χ3n) is 5.95. The van der Waals surface area contributed by atoms with Gasteiger partial charge in [0.2, 0.25) is 10.0 Å². The predicted octanol–water partition coefficient (Wildman–Crippen LogP) is 3.00. The first kappa shape index (κ1) is 22.9. The average Bonchev–Trinajstić information content (AvgIpc) is 2.78. The van der Waals surface area contributed by atoms with E-state index in [4.69, 9.17) is 0 Å². The molecule has 0 aliphatic carbocycles. The molecule has 0 saturated carbocycles. The lowest BCUT2D eigenvalue weighted by atomic mass is 10.0. The number of halogens is 1. The average molecular weight is 481 g/mol. The van der Waals surface area contributed by atoms with E-state index in [2.05, 4.69) is 0 Å². The number of amides is 1. The molecule has 0 atom stereocenters. The highest BCUT2D eigenvalue weighted by Crippen LogP contribution is 2.31. The van der Waals surface area contributed by atoms with E-state index < -0.39 is 36.5 Å². The van der Waals surface area contributed by atoms with Gasteiger partial charge < -0.3 is 4.90 Å². The van der Waals surface area contributed by atoms with Crippen molar-refractivity contribution in [3.8, 4) is 0 Å². The van der Waals surface area contributed by atoms with Crippen LogP contribution in [0.3, 0.4) is 0 Å². The van der Waals surface area contributed by atoms with Crippen LogP contribution >= 0.6 is 0 Å². The maximum absolute atomic E-state index is 14.5. The quantitative estimate of drug-likeness (QED) is 0.671. The fourth-order valence-electron chi connectivity index (χ4n) is 4.25. The molecule has 1 fully saturated rings. The van der Waals surface area contributed by atoms with Crippen LogP contribution in [0.15, 0.2) is 46.2 Å². The Kier molecular flexibility index (Phi) is 6.12. The van der Waals surface area contributed by atoms with Gasteiger partial charge in [-0.05, 0) is 67.6 Å². The molecule has 0 radical (unpaired) electrons. The number of fused-ring (bicyclic) bond motifs is 1. The van der Waals surface area contributed by atoms with Gasteiger partial charge in [0.05, 0.1) is 4.90 Å². The standard InChI is InChI=1S/C22H25FN2O5S2/c1-31(27,28)18-8-10-20-16(14-18)6-5-13-25(20)22(26)17-7-9-19(23)21(15-17)32(29,30)24-11-3-2-4-12-24/h7-10,14-15H,2-6,11-13H2,1H3. The molecule has 172 valence electrons. The van der Waals surface area contributed by atoms with Crippen LogP contribution in [0.4, 0.5) is 10.1 Å². The van der Waals surface area contributed by atoms with E-state index in [9.17, 15) is 26.0 Å². The number of anilines is 1. The van der Waals surface area contributed by atoms with Gasteiger partial charge in [-0.2, -0.15) is 4.31 Å². The molecule has 1 saturated heterocycles. The SMILES string of the molecule is CS(=O)(=O)c1ccc2c(c1)CCCN2C(=O)c1ccc(F)c(S(=O)(=O)N2CCCCC2)c1. The summed E-state index contributed by atoms with van der Waals surface area (Å²) in [6.45, 7) is 1.07. The van der Waals surface area contributed by atoms with Crippen molar-refractivity contribution in [3.63, 3.8) is 0 Å². The molecule has 2 aromatic rings. The van der Waals surface area contributed by atoms with Gasteiger partial charge >= 0.3 is 0 Å². The molecule has 0 bridgehead atoms. The molecule has 0 spiro atoms. The minimum atomic E-state index is -4.04. The Hall–Kier alpha value is -2.30. The molecular weight excluding hydrogens is 455 g/mol. The van der Waals surface area contributed by atoms with Crippen molar-refractivity contribution < 1.29 is 26.0 Å². The van der Waals surface area contributed by atoms with Crippen LogP contribution in [0.5, 0.6) is 0 Å². The summed E-state index contributed by atoms with van der Waals surface area (Å²) in [6, 6.07) is 8.03. The van der Waals surface area contributed by atoms with Crippen LogP contribution in [-0.2, 0) is 26.3 Å². The lowest BCUT2D eigenvalue weighted by Crippen LogP contribution is -2.37. The molecule has 0 N–H and O–H groups in total. The second kappa shape index (κ2) is 8.57. The fourth-order valence-corrected chi connectivity index (χ4v) is 6.53. The minimum absolute atomic E-state index is 0.0713. The van der Waals surface area contributed by atoms with Crippen LogP contribution in [0.1, 0.15) is 41.6 Å². The van der Waals surface area contributed by atoms with Crippen molar-refractivity contribution in [1.29, 1.82) is 0 Å². The Bertz CT molecular complexity index is 1270. The number of hydrogen-bond acceptors (Lipinski definition) is 5. The van der Waals surface area contributed by atoms with Gasteiger partial charge in [0.15, 0.2) is 9.84 Å². The van der Waals surface area contributed by atoms with E-state index in [1.165, 1.54) is 21.3 Å². The van der Waals surface area contributed by atoms with E-state index in [0.29, 0.717) is 38.2 Å². The van der Waals surface area contributed by atoms with E-state index in [1.807, 2.05) is 0 Å². The Labute approximate surface area is 187 Å². The first-order valence-corrected chi connectivity index (χ1v) is 13.9. The number of nitrogens with zero attached hydrogens (tertiary/aromatic N) is 2. The highest BCUT2D eigenvalue weighted by atomic mass is 32.2. The molecular formula is C22H25FN2O5S2. The highest BCUT2D eigenvalue weighted by molar-refractivity contribution is 7.90. The van der Waals surface area contributed by atoms with Crippen LogP contribution < -0.4 is 4.90 Å². The zero-order valence-corrected chi connectivity index (χ0v) is 19.4. The van der Waals surface area contributed by atoms with E-state index in [1.54, 1.807) is 12.1 Å². The van der Waals surface area contributed by atoms with Gasteiger partial charge in [0.1, 0.15) is 10.7 Å². The van der Waals surface area contributed by atoms with Crippen molar-refractivity contribution in [2.24, 2.45) is 0 Å². The number of sulfone groups is 1. The van der Waals surface area contributed by atoms with Crippen molar-refractivity contribution in [1.82, 2.24) is 4.31 Å². The monoisotopic (exact) mass is 480 g/mol. The van der Waals surface area contributed by atoms with Crippen molar-refractivity contribution in [2.45, 2.75) is 41.9 Å². The third-order valence-corrected chi connectivity index (χ3v) is 8.98. The Morgan fingerprint density at radius 3 is 2.31 bits per heavy atom.